The normalized spacial score (nSPS) is 11.2. The van der Waals surface area contributed by atoms with E-state index in [-0.39, 0.29) is 6.61 Å². The minimum atomic E-state index is -1.08. The fourth-order valence-electron chi connectivity index (χ4n) is 1.41. The Morgan fingerprint density at radius 1 is 1.23 bits per heavy atom. The number of rotatable bonds is 7. The molecule has 1 aromatic rings. The molecule has 0 fully saturated rings. The second-order valence-electron chi connectivity index (χ2n) is 5.31. The van der Waals surface area contributed by atoms with E-state index in [4.69, 9.17) is 19.4 Å². The van der Waals surface area contributed by atoms with E-state index in [9.17, 15) is 9.59 Å². The summed E-state index contributed by atoms with van der Waals surface area (Å²) in [5, 5.41) is 12.2. The van der Waals surface area contributed by atoms with E-state index in [2.05, 4.69) is 5.16 Å². The number of hydrogen-bond acceptors (Lipinski definition) is 6. The molecule has 1 N–H and O–H groups in total. The first kappa shape index (κ1) is 17.5. The van der Waals surface area contributed by atoms with Crippen molar-refractivity contribution >= 4 is 18.2 Å². The summed E-state index contributed by atoms with van der Waals surface area (Å²) in [6, 6.07) is 6.73. The van der Waals surface area contributed by atoms with Crippen molar-refractivity contribution in [1.29, 1.82) is 0 Å². The van der Waals surface area contributed by atoms with Gasteiger partial charge in [0, 0.05) is 5.56 Å². The summed E-state index contributed by atoms with van der Waals surface area (Å²) in [5.41, 5.74) is -0.0468. The first-order valence-electron chi connectivity index (χ1n) is 6.59. The van der Waals surface area contributed by atoms with Crippen molar-refractivity contribution < 1.29 is 29.0 Å². The third kappa shape index (κ3) is 7.28. The maximum atomic E-state index is 11.4. The molecular weight excluding hydrogens is 290 g/mol. The summed E-state index contributed by atoms with van der Waals surface area (Å²) in [4.78, 5) is 26.8. The zero-order valence-electron chi connectivity index (χ0n) is 12.7. The molecule has 7 nitrogen and oxygen atoms in total. The lowest BCUT2D eigenvalue weighted by molar-refractivity contribution is -0.160. The van der Waals surface area contributed by atoms with Gasteiger partial charge in [0.2, 0.25) is 6.61 Å². The molecule has 1 aromatic carbocycles. The van der Waals surface area contributed by atoms with Gasteiger partial charge in [-0.2, -0.15) is 0 Å². The van der Waals surface area contributed by atoms with E-state index in [1.54, 1.807) is 45.0 Å². The summed E-state index contributed by atoms with van der Waals surface area (Å²) >= 11 is 0. The molecular formula is C15H19NO6. The highest BCUT2D eigenvalue weighted by atomic mass is 16.7. The standard InChI is InChI=1S/C15H19NO6/c1-15(2,3)22-14(19)10-21-16-8-11-6-4-5-7-12(11)20-9-13(17)18/h4-8H,9-10H2,1-3H3,(H,17,18)/b16-8+. The minimum absolute atomic E-state index is 0.314. The highest BCUT2D eigenvalue weighted by Crippen LogP contribution is 2.15. The summed E-state index contributed by atoms with van der Waals surface area (Å²) in [6.07, 6.45) is 1.33. The lowest BCUT2D eigenvalue weighted by Crippen LogP contribution is -2.26. The molecule has 0 saturated carbocycles. The number of hydrogen-bond donors (Lipinski definition) is 1. The van der Waals surface area contributed by atoms with E-state index in [1.165, 1.54) is 6.21 Å². The van der Waals surface area contributed by atoms with Gasteiger partial charge in [0.1, 0.15) is 11.4 Å². The summed E-state index contributed by atoms with van der Waals surface area (Å²) < 4.78 is 10.2. The molecule has 0 radical (unpaired) electrons. The van der Waals surface area contributed by atoms with Crippen LogP contribution in [0.5, 0.6) is 5.75 Å². The van der Waals surface area contributed by atoms with Crippen molar-refractivity contribution in [3.05, 3.63) is 29.8 Å². The molecule has 0 amide bonds. The van der Waals surface area contributed by atoms with Gasteiger partial charge in [-0.05, 0) is 32.9 Å². The maximum absolute atomic E-state index is 11.4. The molecule has 0 unspecified atom stereocenters. The van der Waals surface area contributed by atoms with E-state index < -0.39 is 24.1 Å². The van der Waals surface area contributed by atoms with Crippen LogP contribution >= 0.6 is 0 Å². The van der Waals surface area contributed by atoms with Crippen LogP contribution in [0.15, 0.2) is 29.4 Å². The molecule has 1 rings (SSSR count). The van der Waals surface area contributed by atoms with Gasteiger partial charge in [-0.15, -0.1) is 0 Å². The highest BCUT2D eigenvalue weighted by molar-refractivity contribution is 5.83. The fraction of sp³-hybridized carbons (Fsp3) is 0.400. The van der Waals surface area contributed by atoms with Crippen LogP contribution in [0, 0.1) is 0 Å². The number of carboxylic acid groups (broad SMARTS) is 1. The number of carbonyl (C=O) groups is 2. The number of benzene rings is 1. The topological polar surface area (TPSA) is 94.4 Å². The molecule has 0 aliphatic heterocycles. The smallest absolute Gasteiger partial charge is 0.347 e. The Labute approximate surface area is 128 Å². The molecule has 0 saturated heterocycles. The van der Waals surface area contributed by atoms with Crippen LogP contribution in [-0.4, -0.2) is 42.1 Å². The largest absolute Gasteiger partial charge is 0.481 e. The van der Waals surface area contributed by atoms with Crippen molar-refractivity contribution in [1.82, 2.24) is 0 Å². The van der Waals surface area contributed by atoms with Gasteiger partial charge in [0.05, 0.1) is 6.21 Å². The molecule has 120 valence electrons. The molecule has 0 heterocycles. The van der Waals surface area contributed by atoms with Gasteiger partial charge in [-0.3, -0.25) is 0 Å². The Hall–Kier alpha value is -2.57. The quantitative estimate of drug-likeness (QED) is 0.469. The minimum Gasteiger partial charge on any atom is -0.481 e. The van der Waals surface area contributed by atoms with E-state index >= 15 is 0 Å². The van der Waals surface area contributed by atoms with Gasteiger partial charge >= 0.3 is 11.9 Å². The van der Waals surface area contributed by atoms with Gasteiger partial charge < -0.3 is 19.4 Å². The molecule has 7 heteroatoms. The van der Waals surface area contributed by atoms with Crippen molar-refractivity contribution in [2.75, 3.05) is 13.2 Å². The van der Waals surface area contributed by atoms with Gasteiger partial charge in [-0.25, -0.2) is 9.59 Å². The number of aliphatic carboxylic acids is 1. The Bertz CT molecular complexity index is 547. The molecule has 0 aliphatic carbocycles. The number of carbonyl (C=O) groups excluding carboxylic acids is 1. The highest BCUT2D eigenvalue weighted by Gasteiger charge is 2.16. The molecule has 22 heavy (non-hydrogen) atoms. The van der Waals surface area contributed by atoms with Crippen LogP contribution in [0.1, 0.15) is 26.3 Å². The average Bonchev–Trinajstić information content (AvgIpc) is 2.40. The Kier molecular flexibility index (Phi) is 6.37. The van der Waals surface area contributed by atoms with Crippen LogP contribution in [0.4, 0.5) is 0 Å². The van der Waals surface area contributed by atoms with Gasteiger partial charge in [0.25, 0.3) is 0 Å². The van der Waals surface area contributed by atoms with Crippen LogP contribution in [0.2, 0.25) is 0 Å². The Morgan fingerprint density at radius 3 is 2.55 bits per heavy atom. The second-order valence-corrected chi connectivity index (χ2v) is 5.31. The second kappa shape index (κ2) is 8.02. The number of esters is 1. The van der Waals surface area contributed by atoms with Crippen molar-refractivity contribution in [2.45, 2.75) is 26.4 Å². The number of oxime groups is 1. The van der Waals surface area contributed by atoms with Crippen LogP contribution in [0.25, 0.3) is 0 Å². The number of ether oxygens (including phenoxy) is 2. The summed E-state index contributed by atoms with van der Waals surface area (Å²) in [7, 11) is 0. The van der Waals surface area contributed by atoms with E-state index in [0.717, 1.165) is 0 Å². The SMILES string of the molecule is CC(C)(C)OC(=O)CO/N=C/c1ccccc1OCC(=O)O. The molecule has 0 aliphatic rings. The van der Waals surface area contributed by atoms with Crippen LogP contribution < -0.4 is 4.74 Å². The number of carboxylic acids is 1. The van der Waals surface area contributed by atoms with Crippen molar-refractivity contribution in [2.24, 2.45) is 5.16 Å². The maximum Gasteiger partial charge on any atom is 0.347 e. The zero-order valence-corrected chi connectivity index (χ0v) is 12.7. The van der Waals surface area contributed by atoms with Gasteiger partial charge in [0.15, 0.2) is 6.61 Å². The number of para-hydroxylation sites is 1. The number of nitrogens with zero attached hydrogens (tertiary/aromatic N) is 1. The van der Waals surface area contributed by atoms with Crippen LogP contribution in [-0.2, 0) is 19.2 Å². The zero-order chi connectivity index (χ0) is 16.6. The van der Waals surface area contributed by atoms with E-state index in [1.807, 2.05) is 0 Å². The molecule has 0 atom stereocenters. The monoisotopic (exact) mass is 309 g/mol. The van der Waals surface area contributed by atoms with Crippen molar-refractivity contribution in [3.63, 3.8) is 0 Å². The van der Waals surface area contributed by atoms with E-state index in [0.29, 0.717) is 11.3 Å². The summed E-state index contributed by atoms with van der Waals surface area (Å²) in [6.45, 7) is 4.49. The van der Waals surface area contributed by atoms with Crippen LogP contribution in [0.3, 0.4) is 0 Å². The molecule has 0 bridgehead atoms. The first-order valence-corrected chi connectivity index (χ1v) is 6.59. The average molecular weight is 309 g/mol. The summed E-state index contributed by atoms with van der Waals surface area (Å²) in [5.74, 6) is -1.25. The third-order valence-corrected chi connectivity index (χ3v) is 2.14. The first-order chi connectivity index (χ1) is 10.3. The third-order valence-electron chi connectivity index (χ3n) is 2.14. The lowest BCUT2D eigenvalue weighted by atomic mass is 10.2. The Morgan fingerprint density at radius 2 is 1.91 bits per heavy atom. The van der Waals surface area contributed by atoms with Crippen molar-refractivity contribution in [3.8, 4) is 5.75 Å². The predicted octanol–water partition coefficient (Wildman–Crippen LogP) is 1.84. The molecule has 0 spiro atoms. The Balaban J connectivity index is 2.52. The van der Waals surface area contributed by atoms with Gasteiger partial charge in [-0.1, -0.05) is 17.3 Å². The predicted molar refractivity (Wildman–Crippen MR) is 79.0 cm³/mol. The fourth-order valence-corrected chi connectivity index (χ4v) is 1.41. The molecule has 0 aromatic heterocycles. The lowest BCUT2D eigenvalue weighted by Gasteiger charge is -2.18.